The van der Waals surface area contributed by atoms with E-state index in [-0.39, 0.29) is 0 Å². The Morgan fingerprint density at radius 1 is 1.06 bits per heavy atom. The molecule has 18 heavy (non-hydrogen) atoms. The largest absolute Gasteiger partial charge is 0.353 e. The maximum Gasteiger partial charge on any atom is 0.126 e. The van der Waals surface area contributed by atoms with Gasteiger partial charge in [-0.05, 0) is 48.6 Å². The molecule has 1 aromatic heterocycles. The minimum atomic E-state index is -0.526. The van der Waals surface area contributed by atoms with Crippen LogP contribution in [0, 0.1) is 16.3 Å². The number of nitrogens with one attached hydrogen (secondary N) is 1. The number of pyridine rings is 1. The van der Waals surface area contributed by atoms with Crippen molar-refractivity contribution in [2.24, 2.45) is 0 Å². The lowest BCUT2D eigenvalue weighted by Gasteiger charge is -2.03. The molecule has 1 nitrogen and oxygen atoms in total. The number of aryl methyl sites for hydroxylation is 2. The lowest BCUT2D eigenvalue weighted by molar-refractivity contribution is 0.578. The number of halogens is 2. The first-order valence-electron chi connectivity index (χ1n) is 5.77. The third-order valence-electron chi connectivity index (χ3n) is 2.73. The molecule has 1 aromatic carbocycles. The van der Waals surface area contributed by atoms with Gasteiger partial charge < -0.3 is 4.98 Å². The second-order valence-electron chi connectivity index (χ2n) is 4.16. The van der Waals surface area contributed by atoms with Crippen LogP contribution >= 0.6 is 12.2 Å². The van der Waals surface area contributed by atoms with Crippen LogP contribution in [0.2, 0.25) is 0 Å². The molecule has 0 unspecified atom stereocenters. The summed E-state index contributed by atoms with van der Waals surface area (Å²) in [4.78, 5) is 2.96. The van der Waals surface area contributed by atoms with Crippen molar-refractivity contribution in [2.75, 3.05) is 0 Å². The Morgan fingerprint density at radius 2 is 1.78 bits per heavy atom. The smallest absolute Gasteiger partial charge is 0.126 e. The van der Waals surface area contributed by atoms with Crippen molar-refractivity contribution < 1.29 is 8.78 Å². The lowest BCUT2D eigenvalue weighted by Crippen LogP contribution is -1.93. The van der Waals surface area contributed by atoms with Gasteiger partial charge in [0.25, 0.3) is 0 Å². The Bertz CT molecular complexity index is 572. The summed E-state index contributed by atoms with van der Waals surface area (Å²) >= 11 is 5.15. The standard InChI is InChI=1S/C14H13F2NS/c15-12-7-10(8-13(16)9-12)3-1-4-11-5-2-6-17-14(11)18/h2,5-9H,1,3-4H2,(H,17,18). The summed E-state index contributed by atoms with van der Waals surface area (Å²) in [5, 5.41) is 0. The number of aromatic amines is 1. The summed E-state index contributed by atoms with van der Waals surface area (Å²) in [5.41, 5.74) is 1.74. The highest BCUT2D eigenvalue weighted by Crippen LogP contribution is 2.12. The van der Waals surface area contributed by atoms with E-state index in [1.54, 1.807) is 6.20 Å². The molecule has 0 saturated carbocycles. The Morgan fingerprint density at radius 3 is 2.44 bits per heavy atom. The zero-order chi connectivity index (χ0) is 13.0. The highest BCUT2D eigenvalue weighted by atomic mass is 32.1. The van der Waals surface area contributed by atoms with E-state index in [1.165, 1.54) is 12.1 Å². The van der Waals surface area contributed by atoms with Crippen LogP contribution < -0.4 is 0 Å². The van der Waals surface area contributed by atoms with Crippen molar-refractivity contribution in [1.29, 1.82) is 0 Å². The van der Waals surface area contributed by atoms with Gasteiger partial charge in [-0.3, -0.25) is 0 Å². The summed E-state index contributed by atoms with van der Waals surface area (Å²) in [6.45, 7) is 0. The molecule has 0 aliphatic rings. The van der Waals surface area contributed by atoms with Gasteiger partial charge in [-0.1, -0.05) is 18.3 Å². The highest BCUT2D eigenvalue weighted by Gasteiger charge is 2.01. The van der Waals surface area contributed by atoms with Crippen molar-refractivity contribution in [2.45, 2.75) is 19.3 Å². The highest BCUT2D eigenvalue weighted by molar-refractivity contribution is 7.71. The molecule has 0 saturated heterocycles. The van der Waals surface area contributed by atoms with Crippen molar-refractivity contribution in [3.63, 3.8) is 0 Å². The lowest BCUT2D eigenvalue weighted by atomic mass is 10.0. The van der Waals surface area contributed by atoms with E-state index in [1.807, 2.05) is 12.1 Å². The van der Waals surface area contributed by atoms with E-state index in [0.717, 1.165) is 29.1 Å². The van der Waals surface area contributed by atoms with Crippen LogP contribution in [0.4, 0.5) is 8.78 Å². The van der Waals surface area contributed by atoms with Crippen LogP contribution in [-0.4, -0.2) is 4.98 Å². The second-order valence-corrected chi connectivity index (χ2v) is 4.56. The molecule has 0 amide bonds. The fraction of sp³-hybridized carbons (Fsp3) is 0.214. The van der Waals surface area contributed by atoms with Gasteiger partial charge in [0.05, 0.1) is 0 Å². The van der Waals surface area contributed by atoms with Gasteiger partial charge in [-0.2, -0.15) is 0 Å². The van der Waals surface area contributed by atoms with Crippen molar-refractivity contribution in [3.05, 3.63) is 63.9 Å². The number of aromatic nitrogens is 1. The first-order chi connectivity index (χ1) is 8.65. The van der Waals surface area contributed by atoms with E-state index in [0.29, 0.717) is 12.0 Å². The predicted molar refractivity (Wildman–Crippen MR) is 70.0 cm³/mol. The number of hydrogen-bond acceptors (Lipinski definition) is 1. The molecule has 0 bridgehead atoms. The maximum atomic E-state index is 13.0. The third kappa shape index (κ3) is 3.47. The Balaban J connectivity index is 1.96. The summed E-state index contributed by atoms with van der Waals surface area (Å²) in [6, 6.07) is 7.48. The Labute approximate surface area is 109 Å². The van der Waals surface area contributed by atoms with E-state index in [4.69, 9.17) is 12.2 Å². The van der Waals surface area contributed by atoms with Crippen molar-refractivity contribution in [3.8, 4) is 0 Å². The van der Waals surface area contributed by atoms with Gasteiger partial charge >= 0.3 is 0 Å². The van der Waals surface area contributed by atoms with Crippen LogP contribution in [0.3, 0.4) is 0 Å². The fourth-order valence-corrected chi connectivity index (χ4v) is 2.13. The topological polar surface area (TPSA) is 15.8 Å². The molecule has 2 rings (SSSR count). The Kier molecular flexibility index (Phi) is 4.20. The van der Waals surface area contributed by atoms with E-state index in [9.17, 15) is 8.78 Å². The molecule has 0 aliphatic carbocycles. The normalized spacial score (nSPS) is 10.6. The molecule has 1 heterocycles. The quantitative estimate of drug-likeness (QED) is 0.819. The first kappa shape index (κ1) is 12.9. The van der Waals surface area contributed by atoms with Crippen LogP contribution in [0.1, 0.15) is 17.5 Å². The molecule has 0 radical (unpaired) electrons. The number of H-pyrrole nitrogens is 1. The van der Waals surface area contributed by atoms with Crippen LogP contribution in [0.25, 0.3) is 0 Å². The summed E-state index contributed by atoms with van der Waals surface area (Å²) in [5.74, 6) is -1.05. The van der Waals surface area contributed by atoms with Gasteiger partial charge in [0.15, 0.2) is 0 Å². The monoisotopic (exact) mass is 265 g/mol. The summed E-state index contributed by atoms with van der Waals surface area (Å²) < 4.78 is 26.7. The van der Waals surface area contributed by atoms with Crippen molar-refractivity contribution in [1.82, 2.24) is 4.98 Å². The van der Waals surface area contributed by atoms with E-state index in [2.05, 4.69) is 4.98 Å². The molecule has 94 valence electrons. The van der Waals surface area contributed by atoms with Gasteiger partial charge in [0.2, 0.25) is 0 Å². The third-order valence-corrected chi connectivity index (χ3v) is 3.11. The van der Waals surface area contributed by atoms with Gasteiger partial charge in [-0.25, -0.2) is 8.78 Å². The summed E-state index contributed by atoms with van der Waals surface area (Å²) in [7, 11) is 0. The minimum Gasteiger partial charge on any atom is -0.353 e. The van der Waals surface area contributed by atoms with Crippen molar-refractivity contribution >= 4 is 12.2 Å². The molecule has 2 aromatic rings. The van der Waals surface area contributed by atoms with Crippen LogP contribution in [0.5, 0.6) is 0 Å². The average molecular weight is 265 g/mol. The number of benzene rings is 1. The fourth-order valence-electron chi connectivity index (χ4n) is 1.89. The van der Waals surface area contributed by atoms with Gasteiger partial charge in [0, 0.05) is 12.3 Å². The zero-order valence-corrected chi connectivity index (χ0v) is 10.6. The molecule has 0 aliphatic heterocycles. The number of hydrogen-bond donors (Lipinski definition) is 1. The van der Waals surface area contributed by atoms with Gasteiger partial charge in [-0.15, -0.1) is 0 Å². The average Bonchev–Trinajstić information content (AvgIpc) is 2.30. The SMILES string of the molecule is Fc1cc(F)cc(CCCc2ccc[nH]c2=S)c1. The minimum absolute atomic E-state index is 0.526. The molecular weight excluding hydrogens is 252 g/mol. The zero-order valence-electron chi connectivity index (χ0n) is 9.75. The molecular formula is C14H13F2NS. The molecule has 0 atom stereocenters. The molecule has 0 fully saturated rings. The molecule has 4 heteroatoms. The Hall–Kier alpha value is -1.55. The predicted octanol–water partition coefficient (Wildman–Crippen LogP) is 4.20. The summed E-state index contributed by atoms with van der Waals surface area (Å²) in [6.07, 6.45) is 4.03. The maximum absolute atomic E-state index is 13.0. The van der Waals surface area contributed by atoms with E-state index >= 15 is 0 Å². The number of rotatable bonds is 4. The van der Waals surface area contributed by atoms with Crippen LogP contribution in [-0.2, 0) is 12.8 Å². The molecule has 0 spiro atoms. The second kappa shape index (κ2) is 5.87. The molecule has 1 N–H and O–H groups in total. The van der Waals surface area contributed by atoms with Crippen LogP contribution in [0.15, 0.2) is 36.5 Å². The first-order valence-corrected chi connectivity index (χ1v) is 6.17. The van der Waals surface area contributed by atoms with Gasteiger partial charge in [0.1, 0.15) is 16.3 Å². The van der Waals surface area contributed by atoms with E-state index < -0.39 is 11.6 Å².